The lowest BCUT2D eigenvalue weighted by Gasteiger charge is -2.37. The molecule has 0 bridgehead atoms. The second kappa shape index (κ2) is 11.8. The smallest absolute Gasteiger partial charge is 0.247 e. The first-order chi connectivity index (χ1) is 20.0. The molecule has 212 valence electrons. The van der Waals surface area contributed by atoms with E-state index in [9.17, 15) is 15.3 Å². The first-order valence-corrected chi connectivity index (χ1v) is 14.6. The van der Waals surface area contributed by atoms with Gasteiger partial charge in [0.15, 0.2) is 17.2 Å². The molecule has 3 aliphatic rings. The minimum Gasteiger partial charge on any atom is -0.367 e. The zero-order valence-corrected chi connectivity index (χ0v) is 23.6. The van der Waals surface area contributed by atoms with Crippen molar-refractivity contribution in [2.75, 3.05) is 61.3 Å². The molecule has 2 aliphatic heterocycles. The number of imidazole rings is 1. The molecular weight excluding hydrogens is 542 g/mol. The van der Waals surface area contributed by atoms with Crippen LogP contribution in [0.4, 0.5) is 23.1 Å². The summed E-state index contributed by atoms with van der Waals surface area (Å²) in [6, 6.07) is 8.07. The van der Waals surface area contributed by atoms with Crippen LogP contribution in [0, 0.1) is 22.7 Å². The minimum absolute atomic E-state index is 0.189. The number of rotatable bonds is 8. The third-order valence-corrected chi connectivity index (χ3v) is 8.28. The third-order valence-electron chi connectivity index (χ3n) is 7.89. The van der Waals surface area contributed by atoms with E-state index in [1.807, 2.05) is 4.90 Å². The van der Waals surface area contributed by atoms with Crippen LogP contribution in [-0.2, 0) is 4.79 Å². The number of carbonyl (C=O) groups excluding carboxylic acids is 1. The van der Waals surface area contributed by atoms with Gasteiger partial charge in [-0.1, -0.05) is 18.0 Å². The molecule has 2 saturated heterocycles. The Morgan fingerprint density at radius 3 is 2.54 bits per heavy atom. The summed E-state index contributed by atoms with van der Waals surface area (Å²) < 4.78 is 1.45. The zero-order chi connectivity index (χ0) is 28.3. The van der Waals surface area contributed by atoms with Crippen molar-refractivity contribution in [3.8, 4) is 12.1 Å². The van der Waals surface area contributed by atoms with E-state index in [1.54, 1.807) is 12.1 Å². The van der Waals surface area contributed by atoms with Crippen LogP contribution in [-0.4, -0.2) is 87.1 Å². The lowest BCUT2D eigenvalue weighted by Crippen LogP contribution is -2.49. The Labute approximate surface area is 243 Å². The highest BCUT2D eigenvalue weighted by Gasteiger charge is 2.26. The van der Waals surface area contributed by atoms with Crippen molar-refractivity contribution in [3.05, 3.63) is 34.6 Å². The Hall–Kier alpha value is -4.13. The summed E-state index contributed by atoms with van der Waals surface area (Å²) in [4.78, 5) is 28.2. The van der Waals surface area contributed by atoms with Crippen LogP contribution in [0.2, 0.25) is 5.02 Å². The maximum atomic E-state index is 12.9. The number of piperidine rings is 1. The van der Waals surface area contributed by atoms with Crippen molar-refractivity contribution in [2.45, 2.75) is 44.6 Å². The fourth-order valence-electron chi connectivity index (χ4n) is 5.44. The van der Waals surface area contributed by atoms with Gasteiger partial charge in [0.05, 0.1) is 34.2 Å². The number of piperazine rings is 1. The van der Waals surface area contributed by atoms with Crippen LogP contribution in [0.3, 0.4) is 0 Å². The molecule has 13 heteroatoms. The van der Waals surface area contributed by atoms with E-state index in [1.165, 1.54) is 30.0 Å². The highest BCUT2D eigenvalue weighted by Crippen LogP contribution is 2.37. The predicted molar refractivity (Wildman–Crippen MR) is 155 cm³/mol. The molecule has 2 N–H and O–H groups in total. The number of halogens is 1. The van der Waals surface area contributed by atoms with Crippen molar-refractivity contribution < 1.29 is 4.79 Å². The van der Waals surface area contributed by atoms with Crippen LogP contribution in [0.15, 0.2) is 18.3 Å². The van der Waals surface area contributed by atoms with E-state index in [2.05, 4.69) is 47.6 Å². The molecule has 0 spiro atoms. The molecule has 0 radical (unpaired) electrons. The molecule has 12 nitrogen and oxygen atoms in total. The van der Waals surface area contributed by atoms with Gasteiger partial charge < -0.3 is 25.3 Å². The van der Waals surface area contributed by atoms with E-state index < -0.39 is 0 Å². The predicted octanol–water partition coefficient (Wildman–Crippen LogP) is 3.36. The lowest BCUT2D eigenvalue weighted by atomic mass is 10.1. The van der Waals surface area contributed by atoms with Gasteiger partial charge in [0.1, 0.15) is 6.07 Å². The Morgan fingerprint density at radius 1 is 1.05 bits per heavy atom. The number of nitriles is 2. The first-order valence-electron chi connectivity index (χ1n) is 14.2. The summed E-state index contributed by atoms with van der Waals surface area (Å²) in [5.41, 5.74) is 2.39. The number of fused-ring (bicyclic) bond motifs is 1. The standard InChI is InChI=1S/C28H32ClN11O/c29-25-22(34-28-35-26(33-20-4-5-20)27-32-18-21(17-31)40(27)36-28)14-19(16-30)15-23(25)38-10-12-39(13-11-38)24(41)6-9-37-7-2-1-3-8-37/h14-15,18,20H,1-13H2,(H2,33,34,35,36). The number of likely N-dealkylation sites (tertiary alicyclic amines) is 1. The number of aromatic nitrogens is 4. The van der Waals surface area contributed by atoms with Crippen LogP contribution in [0.25, 0.3) is 5.65 Å². The number of hydrogen-bond donors (Lipinski definition) is 2. The Balaban J connectivity index is 1.18. The normalized spacial score (nSPS) is 17.7. The summed E-state index contributed by atoms with van der Waals surface area (Å²) >= 11 is 6.90. The highest BCUT2D eigenvalue weighted by molar-refractivity contribution is 6.36. The van der Waals surface area contributed by atoms with Crippen LogP contribution in [0.5, 0.6) is 0 Å². The average Bonchev–Trinajstić information content (AvgIpc) is 3.73. The largest absolute Gasteiger partial charge is 0.367 e. The van der Waals surface area contributed by atoms with E-state index in [0.29, 0.717) is 72.1 Å². The first kappa shape index (κ1) is 27.1. The van der Waals surface area contributed by atoms with Crippen LogP contribution < -0.4 is 15.5 Å². The molecule has 0 unspecified atom stereocenters. The molecule has 1 amide bonds. The van der Waals surface area contributed by atoms with Crippen LogP contribution >= 0.6 is 11.6 Å². The maximum Gasteiger partial charge on any atom is 0.247 e. The quantitative estimate of drug-likeness (QED) is 0.412. The van der Waals surface area contributed by atoms with Gasteiger partial charge in [-0.2, -0.15) is 20.0 Å². The minimum atomic E-state index is 0.189. The van der Waals surface area contributed by atoms with Crippen LogP contribution in [0.1, 0.15) is 49.8 Å². The summed E-state index contributed by atoms with van der Waals surface area (Å²) in [5.74, 6) is 0.941. The monoisotopic (exact) mass is 573 g/mol. The van der Waals surface area contributed by atoms with Crippen molar-refractivity contribution in [1.29, 1.82) is 10.5 Å². The Bertz CT molecular complexity index is 1520. The second-order valence-corrected chi connectivity index (χ2v) is 11.2. The van der Waals surface area contributed by atoms with Gasteiger partial charge in [-0.3, -0.25) is 4.79 Å². The van der Waals surface area contributed by atoms with Gasteiger partial charge in [-0.15, -0.1) is 5.10 Å². The molecule has 0 atom stereocenters. The van der Waals surface area contributed by atoms with Crippen molar-refractivity contribution in [3.63, 3.8) is 0 Å². The van der Waals surface area contributed by atoms with Gasteiger partial charge >= 0.3 is 0 Å². The summed E-state index contributed by atoms with van der Waals surface area (Å²) in [5, 5.41) is 30.7. The number of nitrogens with one attached hydrogen (secondary N) is 2. The fraction of sp³-hybridized carbons (Fsp3) is 0.500. The molecule has 41 heavy (non-hydrogen) atoms. The number of benzene rings is 1. The molecule has 4 heterocycles. The Kier molecular flexibility index (Phi) is 7.77. The van der Waals surface area contributed by atoms with Crippen molar-refractivity contribution in [1.82, 2.24) is 29.4 Å². The summed E-state index contributed by atoms with van der Waals surface area (Å²) in [7, 11) is 0. The lowest BCUT2D eigenvalue weighted by molar-refractivity contribution is -0.131. The van der Waals surface area contributed by atoms with E-state index in [4.69, 9.17) is 11.6 Å². The number of amides is 1. The van der Waals surface area contributed by atoms with Crippen molar-refractivity contribution in [2.24, 2.45) is 0 Å². The molecule has 3 aromatic rings. The van der Waals surface area contributed by atoms with Crippen molar-refractivity contribution >= 4 is 46.3 Å². The molecule has 1 aromatic carbocycles. The second-order valence-electron chi connectivity index (χ2n) is 10.8. The van der Waals surface area contributed by atoms with E-state index in [0.717, 1.165) is 32.5 Å². The number of nitrogens with zero attached hydrogens (tertiary/aromatic N) is 9. The molecule has 1 saturated carbocycles. The molecule has 3 fully saturated rings. The number of carbonyl (C=O) groups is 1. The topological polar surface area (TPSA) is 142 Å². The summed E-state index contributed by atoms with van der Waals surface area (Å²) in [6.45, 7) is 5.42. The fourth-order valence-corrected chi connectivity index (χ4v) is 5.71. The third kappa shape index (κ3) is 5.99. The van der Waals surface area contributed by atoms with Gasteiger partial charge in [0.25, 0.3) is 0 Å². The number of anilines is 4. The van der Waals surface area contributed by atoms with Gasteiger partial charge in [-0.25, -0.2) is 4.98 Å². The van der Waals surface area contributed by atoms with Gasteiger partial charge in [0.2, 0.25) is 11.9 Å². The van der Waals surface area contributed by atoms with E-state index >= 15 is 0 Å². The molecule has 1 aliphatic carbocycles. The average molecular weight is 574 g/mol. The molecule has 6 rings (SSSR count). The van der Waals surface area contributed by atoms with Gasteiger partial charge in [-0.05, 0) is 50.9 Å². The SMILES string of the molecule is N#Cc1cc(Nc2nc(NC3CC3)c3ncc(C#N)n3n2)c(Cl)c(N2CCN(C(=O)CCN3CCCCC3)CC2)c1. The zero-order valence-electron chi connectivity index (χ0n) is 22.8. The molecule has 2 aromatic heterocycles. The number of hydrogen-bond acceptors (Lipinski definition) is 10. The summed E-state index contributed by atoms with van der Waals surface area (Å²) in [6.07, 6.45) is 7.82. The Morgan fingerprint density at radius 2 is 1.83 bits per heavy atom. The maximum absolute atomic E-state index is 12.9. The van der Waals surface area contributed by atoms with Gasteiger partial charge in [0, 0.05) is 45.2 Å². The molecular formula is C28H32ClN11O. The highest BCUT2D eigenvalue weighted by atomic mass is 35.5. The van der Waals surface area contributed by atoms with E-state index in [-0.39, 0.29) is 17.5 Å².